The molecule has 1 atom stereocenters. The molecule has 98 valence electrons. The third-order valence-electron chi connectivity index (χ3n) is 1.86. The summed E-state index contributed by atoms with van der Waals surface area (Å²) in [6, 6.07) is 0.674. The number of hydrogen-bond donors (Lipinski definition) is 1. The Balaban J connectivity index is 4.23. The zero-order valence-corrected chi connectivity index (χ0v) is 12.6. The van der Waals surface area contributed by atoms with Crippen molar-refractivity contribution in [1.82, 2.24) is 0 Å². The van der Waals surface area contributed by atoms with Gasteiger partial charge in [-0.15, -0.1) is 12.6 Å². The Hall–Kier alpha value is 0.407. The molecule has 0 heterocycles. The highest BCUT2D eigenvalue weighted by Crippen LogP contribution is 2.16. The van der Waals surface area contributed by atoms with E-state index in [4.69, 9.17) is 18.0 Å². The molecule has 0 bridgehead atoms. The molecule has 0 spiro atoms. The van der Waals surface area contributed by atoms with Gasteiger partial charge in [-0.3, -0.25) is 0 Å². The SMILES string of the molecule is CCO[Si](CCOC(C)S)(OCC)OCC. The summed E-state index contributed by atoms with van der Waals surface area (Å²) in [7, 11) is -2.52. The Kier molecular flexibility index (Phi) is 9.68. The van der Waals surface area contributed by atoms with E-state index in [2.05, 4.69) is 12.6 Å². The van der Waals surface area contributed by atoms with E-state index in [0.29, 0.717) is 32.5 Å². The number of thiol groups is 1. The summed E-state index contributed by atoms with van der Waals surface area (Å²) < 4.78 is 22.4. The van der Waals surface area contributed by atoms with Crippen LogP contribution < -0.4 is 0 Å². The lowest BCUT2D eigenvalue weighted by atomic mass is 10.8. The second kappa shape index (κ2) is 9.44. The standard InChI is InChI=1S/C10H24O4SSi/c1-5-12-16(13-6-2,14-7-3)9-8-11-10(4)15/h10,15H,5-9H2,1-4H3. The van der Waals surface area contributed by atoms with Crippen molar-refractivity contribution in [2.24, 2.45) is 0 Å². The summed E-state index contributed by atoms with van der Waals surface area (Å²) in [4.78, 5) is 0. The Morgan fingerprint density at radius 1 is 1.00 bits per heavy atom. The van der Waals surface area contributed by atoms with Crippen LogP contribution in [0, 0.1) is 0 Å². The smallest absolute Gasteiger partial charge is 0.374 e. The molecule has 0 aliphatic rings. The molecule has 1 unspecified atom stereocenters. The first-order valence-corrected chi connectivity index (χ1v) is 8.26. The quantitative estimate of drug-likeness (QED) is 0.375. The average Bonchev–Trinajstić information content (AvgIpc) is 2.18. The van der Waals surface area contributed by atoms with Crippen LogP contribution in [0.25, 0.3) is 0 Å². The molecule has 0 aromatic rings. The molecular weight excluding hydrogens is 244 g/mol. The topological polar surface area (TPSA) is 36.9 Å². The second-order valence-corrected chi connectivity index (χ2v) is 6.66. The van der Waals surface area contributed by atoms with Crippen LogP contribution in [0.3, 0.4) is 0 Å². The summed E-state index contributed by atoms with van der Waals surface area (Å²) in [6.45, 7) is 10.1. The van der Waals surface area contributed by atoms with E-state index in [1.807, 2.05) is 27.7 Å². The largest absolute Gasteiger partial charge is 0.503 e. The molecule has 0 radical (unpaired) electrons. The van der Waals surface area contributed by atoms with Crippen molar-refractivity contribution in [3.8, 4) is 0 Å². The third kappa shape index (κ3) is 6.88. The van der Waals surface area contributed by atoms with E-state index in [1.165, 1.54) is 0 Å². The van der Waals surface area contributed by atoms with Gasteiger partial charge in [-0.2, -0.15) is 0 Å². The fourth-order valence-corrected chi connectivity index (χ4v) is 3.83. The molecular formula is C10H24O4SSi. The lowest BCUT2D eigenvalue weighted by Crippen LogP contribution is -2.47. The van der Waals surface area contributed by atoms with E-state index >= 15 is 0 Å². The van der Waals surface area contributed by atoms with Gasteiger partial charge in [0.25, 0.3) is 0 Å². The summed E-state index contributed by atoms with van der Waals surface area (Å²) in [5.41, 5.74) is -0.0726. The van der Waals surface area contributed by atoms with E-state index in [1.54, 1.807) is 0 Å². The van der Waals surface area contributed by atoms with Crippen LogP contribution in [-0.2, 0) is 18.0 Å². The number of hydrogen-bond acceptors (Lipinski definition) is 5. The normalized spacial score (nSPS) is 14.1. The molecule has 0 fully saturated rings. The van der Waals surface area contributed by atoms with Crippen LogP contribution in [-0.4, -0.2) is 40.7 Å². The fraction of sp³-hybridized carbons (Fsp3) is 1.00. The van der Waals surface area contributed by atoms with Crippen LogP contribution in [0.2, 0.25) is 6.04 Å². The molecule has 0 N–H and O–H groups in total. The first kappa shape index (κ1) is 16.4. The molecule has 0 aromatic heterocycles. The van der Waals surface area contributed by atoms with E-state index in [-0.39, 0.29) is 5.44 Å². The van der Waals surface area contributed by atoms with Gasteiger partial charge < -0.3 is 18.0 Å². The van der Waals surface area contributed by atoms with Gasteiger partial charge in [-0.1, -0.05) is 0 Å². The molecule has 0 saturated heterocycles. The molecule has 0 rings (SSSR count). The highest BCUT2D eigenvalue weighted by atomic mass is 32.1. The van der Waals surface area contributed by atoms with Crippen LogP contribution in [0.4, 0.5) is 0 Å². The molecule has 6 heteroatoms. The zero-order chi connectivity index (χ0) is 12.4. The van der Waals surface area contributed by atoms with Gasteiger partial charge >= 0.3 is 8.80 Å². The Labute approximate surface area is 105 Å². The highest BCUT2D eigenvalue weighted by molar-refractivity contribution is 7.80. The van der Waals surface area contributed by atoms with E-state index < -0.39 is 8.80 Å². The molecule has 0 amide bonds. The first-order chi connectivity index (χ1) is 7.60. The van der Waals surface area contributed by atoms with Crippen LogP contribution in [0.15, 0.2) is 0 Å². The zero-order valence-electron chi connectivity index (χ0n) is 10.7. The molecule has 0 saturated carbocycles. The predicted molar refractivity (Wildman–Crippen MR) is 69.8 cm³/mol. The molecule has 0 aromatic carbocycles. The van der Waals surface area contributed by atoms with Gasteiger partial charge in [0.05, 0.1) is 12.0 Å². The van der Waals surface area contributed by atoms with Gasteiger partial charge in [0, 0.05) is 25.9 Å². The number of rotatable bonds is 10. The van der Waals surface area contributed by atoms with Crippen molar-refractivity contribution in [2.75, 3.05) is 26.4 Å². The molecule has 0 aliphatic heterocycles. The minimum Gasteiger partial charge on any atom is -0.374 e. The van der Waals surface area contributed by atoms with Crippen LogP contribution in [0.5, 0.6) is 0 Å². The average molecular weight is 268 g/mol. The summed E-state index contributed by atoms with van der Waals surface area (Å²) in [6.07, 6.45) is 0. The Morgan fingerprint density at radius 2 is 1.44 bits per heavy atom. The maximum atomic E-state index is 5.68. The van der Waals surface area contributed by atoms with Crippen molar-refractivity contribution < 1.29 is 18.0 Å². The Morgan fingerprint density at radius 3 is 1.75 bits per heavy atom. The molecule has 4 nitrogen and oxygen atoms in total. The minimum absolute atomic E-state index is 0.0726. The summed E-state index contributed by atoms with van der Waals surface area (Å²) >= 11 is 4.16. The maximum absolute atomic E-state index is 5.68. The van der Waals surface area contributed by atoms with Gasteiger partial charge in [0.1, 0.15) is 0 Å². The number of ether oxygens (including phenoxy) is 1. The first-order valence-electron chi connectivity index (χ1n) is 5.81. The van der Waals surface area contributed by atoms with Crippen molar-refractivity contribution >= 4 is 21.4 Å². The third-order valence-corrected chi connectivity index (χ3v) is 5.01. The van der Waals surface area contributed by atoms with Crippen LogP contribution >= 0.6 is 12.6 Å². The monoisotopic (exact) mass is 268 g/mol. The lowest BCUT2D eigenvalue weighted by Gasteiger charge is -2.28. The van der Waals surface area contributed by atoms with Gasteiger partial charge in [-0.25, -0.2) is 0 Å². The van der Waals surface area contributed by atoms with Crippen LogP contribution in [0.1, 0.15) is 27.7 Å². The fourth-order valence-electron chi connectivity index (χ4n) is 1.36. The summed E-state index contributed by atoms with van der Waals surface area (Å²) in [5, 5.41) is 0. The predicted octanol–water partition coefficient (Wildman–Crippen LogP) is 2.33. The maximum Gasteiger partial charge on any atom is 0.503 e. The van der Waals surface area contributed by atoms with Crippen molar-refractivity contribution in [1.29, 1.82) is 0 Å². The molecule has 16 heavy (non-hydrogen) atoms. The lowest BCUT2D eigenvalue weighted by molar-refractivity contribution is 0.0564. The highest BCUT2D eigenvalue weighted by Gasteiger charge is 2.40. The molecule has 0 aliphatic carbocycles. The van der Waals surface area contributed by atoms with Crippen molar-refractivity contribution in [3.63, 3.8) is 0 Å². The minimum atomic E-state index is -2.52. The van der Waals surface area contributed by atoms with E-state index in [0.717, 1.165) is 0 Å². The van der Waals surface area contributed by atoms with Gasteiger partial charge in [-0.05, 0) is 27.7 Å². The van der Waals surface area contributed by atoms with E-state index in [9.17, 15) is 0 Å². The van der Waals surface area contributed by atoms with Gasteiger partial charge in [0.2, 0.25) is 0 Å². The summed E-state index contributed by atoms with van der Waals surface area (Å²) in [5.74, 6) is 0. The van der Waals surface area contributed by atoms with Crippen molar-refractivity contribution in [3.05, 3.63) is 0 Å². The second-order valence-electron chi connectivity index (χ2n) is 3.20. The Bertz CT molecular complexity index is 152. The van der Waals surface area contributed by atoms with Gasteiger partial charge in [0.15, 0.2) is 0 Å². The van der Waals surface area contributed by atoms with Crippen molar-refractivity contribution in [2.45, 2.75) is 39.2 Å².